The zero-order chi connectivity index (χ0) is 14.1. The number of benzene rings is 1. The van der Waals surface area contributed by atoms with Gasteiger partial charge >= 0.3 is 5.97 Å². The van der Waals surface area contributed by atoms with Crippen molar-refractivity contribution in [1.29, 1.82) is 0 Å². The quantitative estimate of drug-likeness (QED) is 0.851. The first kappa shape index (κ1) is 13.1. The van der Waals surface area contributed by atoms with Crippen LogP contribution in [0.15, 0.2) is 18.2 Å². The van der Waals surface area contributed by atoms with Crippen molar-refractivity contribution in [3.05, 3.63) is 34.9 Å². The third kappa shape index (κ3) is 2.41. The van der Waals surface area contributed by atoms with E-state index in [4.69, 9.17) is 5.11 Å². The van der Waals surface area contributed by atoms with Gasteiger partial charge in [0.05, 0.1) is 5.92 Å². The normalized spacial score (nSPS) is 21.6. The van der Waals surface area contributed by atoms with Gasteiger partial charge in [0.25, 0.3) is 5.91 Å². The standard InChI is InChI=1S/C15H18N2O3/c18-14(17-5-1-2-12(9-17)15(19)20)10-3-4-11-7-16-8-13(11)6-10/h3-4,6,12,16H,1-2,5,7-9H2,(H,19,20)/t12-/m0/s1. The molecule has 1 saturated heterocycles. The number of hydrogen-bond acceptors (Lipinski definition) is 3. The van der Waals surface area contributed by atoms with Crippen LogP contribution in [0.3, 0.4) is 0 Å². The molecule has 0 aromatic heterocycles. The van der Waals surface area contributed by atoms with Crippen LogP contribution in [0.5, 0.6) is 0 Å². The Morgan fingerprint density at radius 2 is 2.05 bits per heavy atom. The summed E-state index contributed by atoms with van der Waals surface area (Å²) in [4.78, 5) is 25.2. The minimum absolute atomic E-state index is 0.0503. The molecule has 2 heterocycles. The number of fused-ring (bicyclic) bond motifs is 1. The van der Waals surface area contributed by atoms with Crippen LogP contribution in [-0.4, -0.2) is 35.0 Å². The van der Waals surface area contributed by atoms with Crippen molar-refractivity contribution in [2.45, 2.75) is 25.9 Å². The topological polar surface area (TPSA) is 69.6 Å². The Balaban J connectivity index is 1.76. The van der Waals surface area contributed by atoms with Gasteiger partial charge in [-0.15, -0.1) is 0 Å². The maximum absolute atomic E-state index is 12.5. The number of nitrogens with one attached hydrogen (secondary N) is 1. The van der Waals surface area contributed by atoms with Crippen molar-refractivity contribution in [3.8, 4) is 0 Å². The van der Waals surface area contributed by atoms with Crippen molar-refractivity contribution >= 4 is 11.9 Å². The lowest BCUT2D eigenvalue weighted by molar-refractivity contribution is -0.143. The Kier molecular flexibility index (Phi) is 3.44. The average molecular weight is 274 g/mol. The predicted molar refractivity (Wildman–Crippen MR) is 73.2 cm³/mol. The number of aliphatic carboxylic acids is 1. The highest BCUT2D eigenvalue weighted by Crippen LogP contribution is 2.21. The Morgan fingerprint density at radius 3 is 2.85 bits per heavy atom. The van der Waals surface area contributed by atoms with E-state index >= 15 is 0 Å². The average Bonchev–Trinajstić information content (AvgIpc) is 2.94. The molecule has 1 amide bonds. The van der Waals surface area contributed by atoms with Crippen LogP contribution in [0.25, 0.3) is 0 Å². The van der Waals surface area contributed by atoms with Crippen molar-refractivity contribution in [2.75, 3.05) is 13.1 Å². The maximum Gasteiger partial charge on any atom is 0.308 e. The van der Waals surface area contributed by atoms with E-state index in [9.17, 15) is 9.59 Å². The van der Waals surface area contributed by atoms with Crippen molar-refractivity contribution < 1.29 is 14.7 Å². The first-order chi connectivity index (χ1) is 9.65. The Morgan fingerprint density at radius 1 is 1.25 bits per heavy atom. The van der Waals surface area contributed by atoms with E-state index in [0.29, 0.717) is 25.1 Å². The van der Waals surface area contributed by atoms with Gasteiger partial charge in [0.2, 0.25) is 0 Å². The molecule has 0 spiro atoms. The fraction of sp³-hybridized carbons (Fsp3) is 0.467. The third-order valence-electron chi connectivity index (χ3n) is 4.14. The molecule has 0 radical (unpaired) electrons. The monoisotopic (exact) mass is 274 g/mol. The summed E-state index contributed by atoms with van der Waals surface area (Å²) in [6.45, 7) is 2.63. The molecule has 2 N–H and O–H groups in total. The molecule has 5 heteroatoms. The lowest BCUT2D eigenvalue weighted by Gasteiger charge is -2.30. The van der Waals surface area contributed by atoms with E-state index < -0.39 is 11.9 Å². The molecular weight excluding hydrogens is 256 g/mol. The van der Waals surface area contributed by atoms with E-state index in [2.05, 4.69) is 5.32 Å². The summed E-state index contributed by atoms with van der Waals surface area (Å²) >= 11 is 0. The molecule has 3 rings (SSSR count). The number of carbonyl (C=O) groups is 2. The van der Waals surface area contributed by atoms with Gasteiger partial charge in [-0.1, -0.05) is 6.07 Å². The van der Waals surface area contributed by atoms with Crippen LogP contribution in [-0.2, 0) is 17.9 Å². The van der Waals surface area contributed by atoms with Crippen molar-refractivity contribution in [2.24, 2.45) is 5.92 Å². The van der Waals surface area contributed by atoms with Crippen LogP contribution < -0.4 is 5.32 Å². The first-order valence-electron chi connectivity index (χ1n) is 7.00. The van der Waals surface area contributed by atoms with Crippen molar-refractivity contribution in [1.82, 2.24) is 10.2 Å². The lowest BCUT2D eigenvalue weighted by Crippen LogP contribution is -2.42. The molecular formula is C15H18N2O3. The fourth-order valence-corrected chi connectivity index (χ4v) is 2.97. The molecule has 1 aromatic carbocycles. The van der Waals surface area contributed by atoms with Crippen LogP contribution in [0, 0.1) is 5.92 Å². The first-order valence-corrected chi connectivity index (χ1v) is 7.00. The zero-order valence-electron chi connectivity index (χ0n) is 11.3. The number of hydrogen-bond donors (Lipinski definition) is 2. The maximum atomic E-state index is 12.5. The van der Waals surface area contributed by atoms with Gasteiger partial charge in [0.15, 0.2) is 0 Å². The van der Waals surface area contributed by atoms with Crippen LogP contribution in [0.2, 0.25) is 0 Å². The van der Waals surface area contributed by atoms with Gasteiger partial charge in [-0.05, 0) is 36.1 Å². The smallest absolute Gasteiger partial charge is 0.308 e. The van der Waals surface area contributed by atoms with Crippen LogP contribution in [0.1, 0.15) is 34.3 Å². The van der Waals surface area contributed by atoms with Gasteiger partial charge in [-0.25, -0.2) is 0 Å². The second-order valence-corrected chi connectivity index (χ2v) is 5.52. The van der Waals surface area contributed by atoms with E-state index in [0.717, 1.165) is 19.5 Å². The predicted octanol–water partition coefficient (Wildman–Crippen LogP) is 1.23. The SMILES string of the molecule is O=C(O)[C@H]1CCCN(C(=O)c2ccc3c(c2)CNC3)C1. The minimum Gasteiger partial charge on any atom is -0.481 e. The fourth-order valence-electron chi connectivity index (χ4n) is 2.97. The summed E-state index contributed by atoms with van der Waals surface area (Å²) in [6.07, 6.45) is 1.42. The molecule has 2 aliphatic rings. The number of nitrogens with zero attached hydrogens (tertiary/aromatic N) is 1. The molecule has 0 saturated carbocycles. The number of likely N-dealkylation sites (tertiary alicyclic amines) is 1. The second-order valence-electron chi connectivity index (χ2n) is 5.52. The molecule has 0 unspecified atom stereocenters. The molecule has 0 aliphatic carbocycles. The Bertz CT molecular complexity index is 556. The Hall–Kier alpha value is -1.88. The van der Waals surface area contributed by atoms with Crippen LogP contribution in [0.4, 0.5) is 0 Å². The molecule has 106 valence electrons. The van der Waals surface area contributed by atoms with Gasteiger partial charge in [0, 0.05) is 31.7 Å². The van der Waals surface area contributed by atoms with Gasteiger partial charge < -0.3 is 15.3 Å². The Labute approximate surface area is 117 Å². The highest BCUT2D eigenvalue weighted by molar-refractivity contribution is 5.95. The lowest BCUT2D eigenvalue weighted by atomic mass is 9.97. The van der Waals surface area contributed by atoms with Crippen molar-refractivity contribution in [3.63, 3.8) is 0 Å². The molecule has 0 bridgehead atoms. The van der Waals surface area contributed by atoms with Gasteiger partial charge in [-0.2, -0.15) is 0 Å². The number of rotatable bonds is 2. The molecule has 2 aliphatic heterocycles. The minimum atomic E-state index is -0.805. The van der Waals surface area contributed by atoms with Gasteiger partial charge in [0.1, 0.15) is 0 Å². The van der Waals surface area contributed by atoms with E-state index in [1.54, 1.807) is 4.90 Å². The largest absolute Gasteiger partial charge is 0.481 e. The van der Waals surface area contributed by atoms with E-state index in [-0.39, 0.29) is 5.91 Å². The summed E-state index contributed by atoms with van der Waals surface area (Å²) in [7, 11) is 0. The molecule has 1 fully saturated rings. The summed E-state index contributed by atoms with van der Waals surface area (Å²) in [5.41, 5.74) is 3.07. The molecule has 1 atom stereocenters. The third-order valence-corrected chi connectivity index (χ3v) is 4.14. The summed E-state index contributed by atoms with van der Waals surface area (Å²) in [5, 5.41) is 12.3. The van der Waals surface area contributed by atoms with Crippen LogP contribution >= 0.6 is 0 Å². The second kappa shape index (κ2) is 5.25. The molecule has 20 heavy (non-hydrogen) atoms. The summed E-state index contributed by atoms with van der Waals surface area (Å²) < 4.78 is 0. The number of piperidine rings is 1. The van der Waals surface area contributed by atoms with Gasteiger partial charge in [-0.3, -0.25) is 9.59 Å². The zero-order valence-corrected chi connectivity index (χ0v) is 11.3. The van der Waals surface area contributed by atoms with E-state index in [1.165, 1.54) is 11.1 Å². The molecule has 1 aromatic rings. The number of carboxylic acids is 1. The summed E-state index contributed by atoms with van der Waals surface area (Å²) in [6, 6.07) is 5.77. The molecule has 5 nitrogen and oxygen atoms in total. The highest BCUT2D eigenvalue weighted by atomic mass is 16.4. The number of carbonyl (C=O) groups excluding carboxylic acids is 1. The summed E-state index contributed by atoms with van der Waals surface area (Å²) in [5.74, 6) is -1.28. The number of amides is 1. The highest BCUT2D eigenvalue weighted by Gasteiger charge is 2.29. The number of carboxylic acid groups (broad SMARTS) is 1. The van der Waals surface area contributed by atoms with E-state index in [1.807, 2.05) is 18.2 Å².